The van der Waals surface area contributed by atoms with Crippen molar-refractivity contribution >= 4 is 52.2 Å². The van der Waals surface area contributed by atoms with E-state index in [0.29, 0.717) is 21.9 Å². The molecule has 0 saturated carbocycles. The van der Waals surface area contributed by atoms with E-state index in [4.69, 9.17) is 21.1 Å². The van der Waals surface area contributed by atoms with Crippen LogP contribution in [0.2, 0.25) is 5.02 Å². The number of ether oxygens (including phenoxy) is 2. The van der Waals surface area contributed by atoms with Crippen molar-refractivity contribution in [3.8, 4) is 11.5 Å². The summed E-state index contributed by atoms with van der Waals surface area (Å²) in [6, 6.07) is 19.9. The molecular weight excluding hydrogens is 512 g/mol. The summed E-state index contributed by atoms with van der Waals surface area (Å²) in [6.07, 6.45) is 1.61. The molecule has 3 aromatic rings. The van der Waals surface area contributed by atoms with Gasteiger partial charge in [-0.25, -0.2) is 0 Å². The van der Waals surface area contributed by atoms with Gasteiger partial charge >= 0.3 is 0 Å². The molecule has 1 fully saturated rings. The second kappa shape index (κ2) is 12.0. The molecule has 3 aromatic carbocycles. The highest BCUT2D eigenvalue weighted by Gasteiger charge is 2.34. The fourth-order valence-corrected chi connectivity index (χ4v) is 4.65. The SMILES string of the molecule is Cc1ccc(C)c(OCCN2C(=O)S/C(=C\c3ccc(OCC(=O)Nc4ccccc4)c(Cl)c3)C2=O)c1. The van der Waals surface area contributed by atoms with Gasteiger partial charge in [-0.05, 0) is 78.7 Å². The third-order valence-corrected chi connectivity index (χ3v) is 6.66. The monoisotopic (exact) mass is 536 g/mol. The zero-order valence-electron chi connectivity index (χ0n) is 20.3. The number of amides is 3. The lowest BCUT2D eigenvalue weighted by Crippen LogP contribution is -2.32. The van der Waals surface area contributed by atoms with E-state index in [1.165, 1.54) is 4.90 Å². The predicted octanol–water partition coefficient (Wildman–Crippen LogP) is 6.09. The number of nitrogens with zero attached hydrogens (tertiary/aromatic N) is 1. The molecule has 0 unspecified atom stereocenters. The fraction of sp³-hybridized carbons (Fsp3) is 0.179. The molecule has 0 atom stereocenters. The molecule has 1 saturated heterocycles. The number of para-hydroxylation sites is 1. The minimum absolute atomic E-state index is 0.147. The zero-order valence-corrected chi connectivity index (χ0v) is 21.9. The standard InChI is InChI=1S/C28H25ClN2O5S/c1-18-8-9-19(2)24(14-18)35-13-12-31-27(33)25(37-28(31)34)16-20-10-11-23(22(29)15-20)36-17-26(32)30-21-6-4-3-5-7-21/h3-11,14-16H,12-13,17H2,1-2H3,(H,30,32)/b25-16-. The average molecular weight is 537 g/mol. The number of anilines is 1. The van der Waals surface area contributed by atoms with E-state index in [2.05, 4.69) is 5.32 Å². The van der Waals surface area contributed by atoms with Crippen molar-refractivity contribution in [3.63, 3.8) is 0 Å². The summed E-state index contributed by atoms with van der Waals surface area (Å²) >= 11 is 7.20. The van der Waals surface area contributed by atoms with Gasteiger partial charge in [-0.1, -0.05) is 48.0 Å². The Morgan fingerprint density at radius 2 is 1.78 bits per heavy atom. The van der Waals surface area contributed by atoms with Gasteiger partial charge in [-0.2, -0.15) is 0 Å². The molecule has 37 heavy (non-hydrogen) atoms. The number of thioether (sulfide) groups is 1. The third kappa shape index (κ3) is 6.93. The summed E-state index contributed by atoms with van der Waals surface area (Å²) in [5.41, 5.74) is 3.35. The van der Waals surface area contributed by atoms with E-state index in [-0.39, 0.29) is 41.8 Å². The number of imide groups is 1. The number of hydrogen-bond donors (Lipinski definition) is 1. The van der Waals surface area contributed by atoms with E-state index in [9.17, 15) is 14.4 Å². The summed E-state index contributed by atoms with van der Waals surface area (Å²) in [4.78, 5) is 38.8. The van der Waals surface area contributed by atoms with Gasteiger partial charge in [0.05, 0.1) is 16.5 Å². The molecule has 7 nitrogen and oxygen atoms in total. The molecule has 0 aliphatic carbocycles. The van der Waals surface area contributed by atoms with Gasteiger partial charge in [0.2, 0.25) is 0 Å². The summed E-state index contributed by atoms with van der Waals surface area (Å²) < 4.78 is 11.3. The number of aryl methyl sites for hydroxylation is 2. The first-order chi connectivity index (χ1) is 17.8. The van der Waals surface area contributed by atoms with E-state index < -0.39 is 0 Å². The molecule has 1 N–H and O–H groups in total. The number of halogens is 1. The maximum absolute atomic E-state index is 12.8. The maximum Gasteiger partial charge on any atom is 0.293 e. The molecule has 1 aliphatic rings. The molecule has 1 aliphatic heterocycles. The zero-order chi connectivity index (χ0) is 26.4. The lowest BCUT2D eigenvalue weighted by atomic mass is 10.1. The lowest BCUT2D eigenvalue weighted by Gasteiger charge is -2.14. The highest BCUT2D eigenvalue weighted by Crippen LogP contribution is 2.34. The second-order valence-electron chi connectivity index (χ2n) is 8.34. The van der Waals surface area contributed by atoms with Crippen LogP contribution in [-0.2, 0) is 9.59 Å². The van der Waals surface area contributed by atoms with Crippen molar-refractivity contribution in [3.05, 3.63) is 93.3 Å². The third-order valence-electron chi connectivity index (χ3n) is 5.46. The summed E-state index contributed by atoms with van der Waals surface area (Å²) in [5.74, 6) is 0.367. The van der Waals surface area contributed by atoms with Gasteiger partial charge in [0.25, 0.3) is 17.1 Å². The average Bonchev–Trinajstić information content (AvgIpc) is 3.13. The Hall–Kier alpha value is -3.75. The van der Waals surface area contributed by atoms with Crippen molar-refractivity contribution in [1.29, 1.82) is 0 Å². The maximum atomic E-state index is 12.8. The van der Waals surface area contributed by atoms with Crippen molar-refractivity contribution in [1.82, 2.24) is 4.90 Å². The number of benzene rings is 3. The molecule has 0 aromatic heterocycles. The van der Waals surface area contributed by atoms with Crippen LogP contribution in [0.5, 0.6) is 11.5 Å². The highest BCUT2D eigenvalue weighted by molar-refractivity contribution is 8.18. The number of carbonyl (C=O) groups is 3. The van der Waals surface area contributed by atoms with E-state index in [0.717, 1.165) is 28.6 Å². The van der Waals surface area contributed by atoms with Crippen LogP contribution in [0.25, 0.3) is 6.08 Å². The smallest absolute Gasteiger partial charge is 0.293 e. The molecule has 0 bridgehead atoms. The van der Waals surface area contributed by atoms with Gasteiger partial charge in [0, 0.05) is 5.69 Å². The first kappa shape index (κ1) is 26.3. The molecule has 9 heteroatoms. The van der Waals surface area contributed by atoms with Crippen LogP contribution in [0.4, 0.5) is 10.5 Å². The molecule has 4 rings (SSSR count). The first-order valence-corrected chi connectivity index (χ1v) is 12.7. The van der Waals surface area contributed by atoms with E-state index >= 15 is 0 Å². The molecule has 3 amide bonds. The molecular formula is C28H25ClN2O5S. The van der Waals surface area contributed by atoms with Gasteiger partial charge in [0.1, 0.15) is 18.1 Å². The number of nitrogens with one attached hydrogen (secondary N) is 1. The Morgan fingerprint density at radius 1 is 1.00 bits per heavy atom. The number of rotatable bonds is 9. The van der Waals surface area contributed by atoms with Crippen LogP contribution >= 0.6 is 23.4 Å². The van der Waals surface area contributed by atoms with E-state index in [1.54, 1.807) is 36.4 Å². The van der Waals surface area contributed by atoms with E-state index in [1.807, 2.05) is 50.2 Å². The van der Waals surface area contributed by atoms with Gasteiger partial charge in [-0.3, -0.25) is 19.3 Å². The first-order valence-electron chi connectivity index (χ1n) is 11.5. The van der Waals surface area contributed by atoms with Crippen LogP contribution in [0, 0.1) is 13.8 Å². The minimum Gasteiger partial charge on any atom is -0.491 e. The Labute approximate surface area is 224 Å². The lowest BCUT2D eigenvalue weighted by molar-refractivity contribution is -0.123. The van der Waals surface area contributed by atoms with Crippen molar-refractivity contribution in [2.75, 3.05) is 25.1 Å². The Kier molecular flexibility index (Phi) is 8.53. The largest absolute Gasteiger partial charge is 0.491 e. The van der Waals surface area contributed by atoms with Gasteiger partial charge in [-0.15, -0.1) is 0 Å². The summed E-state index contributed by atoms with van der Waals surface area (Å²) in [6.45, 7) is 4.05. The quantitative estimate of drug-likeness (QED) is 0.333. The number of carbonyl (C=O) groups excluding carboxylic acids is 3. The Bertz CT molecular complexity index is 1360. The van der Waals surface area contributed by atoms with Gasteiger partial charge < -0.3 is 14.8 Å². The van der Waals surface area contributed by atoms with Crippen LogP contribution < -0.4 is 14.8 Å². The fourth-order valence-electron chi connectivity index (χ4n) is 3.54. The predicted molar refractivity (Wildman–Crippen MR) is 146 cm³/mol. The summed E-state index contributed by atoms with van der Waals surface area (Å²) in [7, 11) is 0. The molecule has 1 heterocycles. The molecule has 190 valence electrons. The van der Waals surface area contributed by atoms with Crippen LogP contribution in [-0.4, -0.2) is 41.7 Å². The molecule has 0 spiro atoms. The minimum atomic E-state index is -0.381. The van der Waals surface area contributed by atoms with Crippen molar-refractivity contribution < 1.29 is 23.9 Å². The van der Waals surface area contributed by atoms with Crippen molar-refractivity contribution in [2.24, 2.45) is 0 Å². The van der Waals surface area contributed by atoms with Crippen molar-refractivity contribution in [2.45, 2.75) is 13.8 Å². The summed E-state index contributed by atoms with van der Waals surface area (Å²) in [5, 5.41) is 2.66. The Balaban J connectivity index is 1.33. The molecule has 0 radical (unpaired) electrons. The van der Waals surface area contributed by atoms with Crippen LogP contribution in [0.3, 0.4) is 0 Å². The van der Waals surface area contributed by atoms with Crippen LogP contribution in [0.1, 0.15) is 16.7 Å². The second-order valence-corrected chi connectivity index (χ2v) is 9.74. The number of hydrogen-bond acceptors (Lipinski definition) is 6. The topological polar surface area (TPSA) is 84.9 Å². The highest BCUT2D eigenvalue weighted by atomic mass is 35.5. The Morgan fingerprint density at radius 3 is 2.54 bits per heavy atom. The van der Waals surface area contributed by atoms with Crippen LogP contribution in [0.15, 0.2) is 71.6 Å². The normalized spacial score (nSPS) is 14.2. The van der Waals surface area contributed by atoms with Gasteiger partial charge in [0.15, 0.2) is 6.61 Å².